The average Bonchev–Trinajstić information content (AvgIpc) is 2.91. The Morgan fingerprint density at radius 1 is 0.750 bits per heavy atom. The molecular formula is C31H37NO3S. The molecule has 0 fully saturated rings. The fourth-order valence-corrected chi connectivity index (χ4v) is 5.21. The Hall–Kier alpha value is -3.05. The van der Waals surface area contributed by atoms with Gasteiger partial charge in [-0.05, 0) is 54.5 Å². The fraction of sp³-hybridized carbons (Fsp3) is 0.355. The van der Waals surface area contributed by atoms with Crippen molar-refractivity contribution in [3.05, 3.63) is 90.5 Å². The van der Waals surface area contributed by atoms with Crippen LogP contribution in [0.5, 0.6) is 0 Å². The molecule has 0 bridgehead atoms. The van der Waals surface area contributed by atoms with Gasteiger partial charge in [0, 0.05) is 29.5 Å². The highest BCUT2D eigenvalue weighted by Gasteiger charge is 2.15. The van der Waals surface area contributed by atoms with Gasteiger partial charge in [-0.25, -0.2) is 0 Å². The van der Waals surface area contributed by atoms with Gasteiger partial charge < -0.3 is 10.4 Å². The maximum absolute atomic E-state index is 12.6. The third kappa shape index (κ3) is 10.7. The Morgan fingerprint density at radius 2 is 1.42 bits per heavy atom. The van der Waals surface area contributed by atoms with Gasteiger partial charge in [0.1, 0.15) is 0 Å². The molecule has 0 saturated carbocycles. The largest absolute Gasteiger partial charge is 0.481 e. The van der Waals surface area contributed by atoms with Crippen molar-refractivity contribution in [1.82, 2.24) is 5.32 Å². The molecule has 3 aromatic rings. The molecule has 1 atom stereocenters. The van der Waals surface area contributed by atoms with Crippen molar-refractivity contribution >= 4 is 23.6 Å². The SMILES string of the molecule is O=C(O)CC[C@@H](CSc1cccc(-c2ccccc2)c1)NC(=O)CCCCCCCc1ccccc1. The first-order valence-electron chi connectivity index (χ1n) is 12.9. The summed E-state index contributed by atoms with van der Waals surface area (Å²) in [6.07, 6.45) is 7.50. The number of carboxylic acids is 1. The number of carbonyl (C=O) groups excluding carboxylic acids is 1. The van der Waals surface area contributed by atoms with Gasteiger partial charge in [0.2, 0.25) is 5.91 Å². The van der Waals surface area contributed by atoms with E-state index in [-0.39, 0.29) is 18.4 Å². The second-order valence-corrected chi connectivity index (χ2v) is 10.2. The molecule has 5 heteroatoms. The predicted molar refractivity (Wildman–Crippen MR) is 149 cm³/mol. The summed E-state index contributed by atoms with van der Waals surface area (Å²) in [5.41, 5.74) is 3.69. The molecule has 3 rings (SSSR count). The van der Waals surface area contributed by atoms with E-state index >= 15 is 0 Å². The van der Waals surface area contributed by atoms with Crippen LogP contribution in [0.15, 0.2) is 89.8 Å². The first-order chi connectivity index (χ1) is 17.6. The molecule has 1 amide bonds. The van der Waals surface area contributed by atoms with Gasteiger partial charge in [0.05, 0.1) is 0 Å². The third-order valence-corrected chi connectivity index (χ3v) is 7.33. The minimum Gasteiger partial charge on any atom is -0.481 e. The zero-order valence-electron chi connectivity index (χ0n) is 20.9. The van der Waals surface area contributed by atoms with Crippen LogP contribution in [0, 0.1) is 0 Å². The van der Waals surface area contributed by atoms with Crippen molar-refractivity contribution in [3.63, 3.8) is 0 Å². The minimum atomic E-state index is -0.833. The van der Waals surface area contributed by atoms with Crippen molar-refractivity contribution in [2.75, 3.05) is 5.75 Å². The number of aryl methyl sites for hydroxylation is 1. The van der Waals surface area contributed by atoms with Crippen LogP contribution < -0.4 is 5.32 Å². The molecule has 0 saturated heterocycles. The number of aliphatic carboxylic acids is 1. The summed E-state index contributed by atoms with van der Waals surface area (Å²) in [5.74, 6) is -0.161. The minimum absolute atomic E-state index is 0.0216. The van der Waals surface area contributed by atoms with Crippen LogP contribution in [0.3, 0.4) is 0 Å². The molecule has 0 aromatic heterocycles. The van der Waals surface area contributed by atoms with Gasteiger partial charge in [-0.15, -0.1) is 11.8 Å². The maximum atomic E-state index is 12.6. The number of carbonyl (C=O) groups is 2. The first-order valence-corrected chi connectivity index (χ1v) is 13.9. The molecule has 4 nitrogen and oxygen atoms in total. The Labute approximate surface area is 219 Å². The molecule has 0 aliphatic rings. The Morgan fingerprint density at radius 3 is 2.17 bits per heavy atom. The molecule has 0 heterocycles. The fourth-order valence-electron chi connectivity index (χ4n) is 4.18. The van der Waals surface area contributed by atoms with Crippen molar-refractivity contribution < 1.29 is 14.7 Å². The van der Waals surface area contributed by atoms with Gasteiger partial charge in [-0.3, -0.25) is 9.59 Å². The van der Waals surface area contributed by atoms with Gasteiger partial charge in [-0.2, -0.15) is 0 Å². The zero-order chi connectivity index (χ0) is 25.4. The van der Waals surface area contributed by atoms with E-state index in [1.54, 1.807) is 11.8 Å². The van der Waals surface area contributed by atoms with E-state index in [1.165, 1.54) is 18.4 Å². The number of benzene rings is 3. The molecule has 2 N–H and O–H groups in total. The van der Waals surface area contributed by atoms with Crippen LogP contribution in [0.25, 0.3) is 11.1 Å². The van der Waals surface area contributed by atoms with Crippen molar-refractivity contribution in [1.29, 1.82) is 0 Å². The number of hydrogen-bond donors (Lipinski definition) is 2. The second kappa shape index (κ2) is 15.8. The Kier molecular flexibility index (Phi) is 12.1. The lowest BCUT2D eigenvalue weighted by Gasteiger charge is -2.18. The van der Waals surface area contributed by atoms with Crippen LogP contribution in [-0.4, -0.2) is 28.8 Å². The molecule has 36 heavy (non-hydrogen) atoms. The van der Waals surface area contributed by atoms with Crippen molar-refractivity contribution in [2.45, 2.75) is 68.7 Å². The Balaban J connectivity index is 1.39. The monoisotopic (exact) mass is 503 g/mol. The normalized spacial score (nSPS) is 11.7. The van der Waals surface area contributed by atoms with E-state index in [2.05, 4.69) is 59.9 Å². The van der Waals surface area contributed by atoms with E-state index in [0.29, 0.717) is 18.6 Å². The van der Waals surface area contributed by atoms with Gasteiger partial charge in [0.15, 0.2) is 0 Å². The molecule has 0 aliphatic carbocycles. The molecular weight excluding hydrogens is 466 g/mol. The van der Waals surface area contributed by atoms with Gasteiger partial charge >= 0.3 is 5.97 Å². The molecule has 190 valence electrons. The van der Waals surface area contributed by atoms with Gasteiger partial charge in [0.25, 0.3) is 0 Å². The van der Waals surface area contributed by atoms with E-state index in [9.17, 15) is 9.59 Å². The van der Waals surface area contributed by atoms with Crippen LogP contribution in [-0.2, 0) is 16.0 Å². The predicted octanol–water partition coefficient (Wildman–Crippen LogP) is 7.38. The van der Waals surface area contributed by atoms with E-state index in [0.717, 1.165) is 41.7 Å². The molecule has 0 aliphatic heterocycles. The number of carboxylic acid groups (broad SMARTS) is 1. The summed E-state index contributed by atoms with van der Waals surface area (Å²) in [4.78, 5) is 24.8. The lowest BCUT2D eigenvalue weighted by Crippen LogP contribution is -2.37. The second-order valence-electron chi connectivity index (χ2n) is 9.16. The summed E-state index contributed by atoms with van der Waals surface area (Å²) in [6.45, 7) is 0. The molecule has 0 radical (unpaired) electrons. The number of rotatable bonds is 16. The number of amides is 1. The Bertz CT molecular complexity index is 1060. The highest BCUT2D eigenvalue weighted by Crippen LogP contribution is 2.26. The van der Waals surface area contributed by atoms with Gasteiger partial charge in [-0.1, -0.05) is 92.1 Å². The number of nitrogens with one attached hydrogen (secondary N) is 1. The summed E-state index contributed by atoms with van der Waals surface area (Å²) >= 11 is 1.66. The number of hydrogen-bond acceptors (Lipinski definition) is 3. The quantitative estimate of drug-likeness (QED) is 0.158. The number of thioether (sulfide) groups is 1. The molecule has 3 aromatic carbocycles. The maximum Gasteiger partial charge on any atom is 0.303 e. The van der Waals surface area contributed by atoms with Crippen LogP contribution >= 0.6 is 11.8 Å². The third-order valence-electron chi connectivity index (χ3n) is 6.18. The van der Waals surface area contributed by atoms with Crippen LogP contribution in [0.4, 0.5) is 0 Å². The summed E-state index contributed by atoms with van der Waals surface area (Å²) in [6, 6.07) is 28.9. The summed E-state index contributed by atoms with van der Waals surface area (Å²) in [7, 11) is 0. The van der Waals surface area contributed by atoms with Crippen LogP contribution in [0.2, 0.25) is 0 Å². The van der Waals surface area contributed by atoms with Crippen molar-refractivity contribution in [3.8, 4) is 11.1 Å². The lowest BCUT2D eigenvalue weighted by molar-refractivity contribution is -0.137. The molecule has 0 unspecified atom stereocenters. The first kappa shape index (κ1) is 27.5. The zero-order valence-corrected chi connectivity index (χ0v) is 21.7. The molecule has 0 spiro atoms. The highest BCUT2D eigenvalue weighted by molar-refractivity contribution is 7.99. The van der Waals surface area contributed by atoms with Crippen LogP contribution in [0.1, 0.15) is 56.9 Å². The lowest BCUT2D eigenvalue weighted by atomic mass is 10.0. The van der Waals surface area contributed by atoms with E-state index in [1.807, 2.05) is 30.3 Å². The highest BCUT2D eigenvalue weighted by atomic mass is 32.2. The van der Waals surface area contributed by atoms with E-state index in [4.69, 9.17) is 5.11 Å². The standard InChI is InChI=1S/C31H37NO3S/c33-30(20-11-3-1-2-6-13-25-14-7-4-8-15-25)32-28(21-22-31(34)35)24-36-29-19-12-18-27(23-29)26-16-9-5-10-17-26/h4-5,7-10,12,14-19,23,28H,1-3,6,11,13,20-22,24H2,(H,32,33)(H,34,35)/t28-/m0/s1. The van der Waals surface area contributed by atoms with E-state index < -0.39 is 5.97 Å². The van der Waals surface area contributed by atoms with Crippen molar-refractivity contribution in [2.24, 2.45) is 0 Å². The topological polar surface area (TPSA) is 66.4 Å². The summed E-state index contributed by atoms with van der Waals surface area (Å²) < 4.78 is 0. The summed E-state index contributed by atoms with van der Waals surface area (Å²) in [5, 5.41) is 12.2. The smallest absolute Gasteiger partial charge is 0.303 e. The number of unbranched alkanes of at least 4 members (excludes halogenated alkanes) is 4. The average molecular weight is 504 g/mol.